The lowest BCUT2D eigenvalue weighted by molar-refractivity contribution is -0.139. The molecule has 0 amide bonds. The van der Waals surface area contributed by atoms with Gasteiger partial charge >= 0.3 is 5.97 Å². The van der Waals surface area contributed by atoms with Crippen LogP contribution in [0.3, 0.4) is 0 Å². The average Bonchev–Trinajstić information content (AvgIpc) is 3.08. The van der Waals surface area contributed by atoms with Crippen molar-refractivity contribution in [2.75, 3.05) is 6.61 Å². The molecule has 1 atom stereocenters. The monoisotopic (exact) mass is 232 g/mol. The van der Waals surface area contributed by atoms with E-state index in [1.807, 2.05) is 18.2 Å². The molecule has 1 fully saturated rings. The first-order chi connectivity index (χ1) is 8.20. The summed E-state index contributed by atoms with van der Waals surface area (Å²) in [5.41, 5.74) is 1.24. The Kier molecular flexibility index (Phi) is 2.35. The molecule has 1 saturated carbocycles. The lowest BCUT2D eigenvalue weighted by atomic mass is 9.81. The van der Waals surface area contributed by atoms with Gasteiger partial charge in [-0.05, 0) is 36.3 Å². The minimum absolute atomic E-state index is 0.0133. The molecule has 0 radical (unpaired) electrons. The number of hydrogen-bond donors (Lipinski definition) is 1. The van der Waals surface area contributed by atoms with Crippen LogP contribution in [0.2, 0.25) is 0 Å². The molecular weight excluding hydrogens is 216 g/mol. The van der Waals surface area contributed by atoms with Crippen LogP contribution in [-0.4, -0.2) is 17.7 Å². The molecule has 90 valence electrons. The first kappa shape index (κ1) is 10.6. The van der Waals surface area contributed by atoms with Crippen LogP contribution >= 0.6 is 0 Å². The van der Waals surface area contributed by atoms with Crippen molar-refractivity contribution >= 4 is 5.97 Å². The van der Waals surface area contributed by atoms with Crippen LogP contribution in [0.1, 0.15) is 24.8 Å². The van der Waals surface area contributed by atoms with Crippen LogP contribution < -0.4 is 4.74 Å². The van der Waals surface area contributed by atoms with Crippen molar-refractivity contribution in [3.63, 3.8) is 0 Å². The third-order valence-electron chi connectivity index (χ3n) is 4.14. The molecule has 1 aromatic rings. The number of hydrogen-bond acceptors (Lipinski definition) is 2. The molecule has 0 bridgehead atoms. The largest absolute Gasteiger partial charge is 0.493 e. The van der Waals surface area contributed by atoms with Gasteiger partial charge in [-0.25, -0.2) is 0 Å². The summed E-state index contributed by atoms with van der Waals surface area (Å²) in [6.45, 7) is 0.671. The molecule has 1 aromatic carbocycles. The van der Waals surface area contributed by atoms with E-state index in [2.05, 4.69) is 6.07 Å². The van der Waals surface area contributed by atoms with Crippen molar-refractivity contribution in [3.8, 4) is 5.75 Å². The summed E-state index contributed by atoms with van der Waals surface area (Å²) in [4.78, 5) is 10.9. The lowest BCUT2D eigenvalue weighted by Gasteiger charge is -2.31. The number of benzene rings is 1. The molecule has 1 aliphatic carbocycles. The standard InChI is InChI=1S/C14H16O3/c15-13(16)8-14(5-6-14)11-7-10-3-1-2-4-12(10)17-9-11/h1-4,11H,5-9H2,(H,15,16). The van der Waals surface area contributed by atoms with E-state index in [-0.39, 0.29) is 5.41 Å². The Hall–Kier alpha value is -1.51. The number of aliphatic carboxylic acids is 1. The van der Waals surface area contributed by atoms with Gasteiger partial charge in [-0.3, -0.25) is 4.79 Å². The van der Waals surface area contributed by atoms with E-state index < -0.39 is 5.97 Å². The van der Waals surface area contributed by atoms with E-state index >= 15 is 0 Å². The normalized spacial score (nSPS) is 24.6. The zero-order chi connectivity index (χ0) is 11.9. The molecule has 0 spiro atoms. The first-order valence-corrected chi connectivity index (χ1v) is 6.12. The van der Waals surface area contributed by atoms with Crippen LogP contribution in [0.5, 0.6) is 5.75 Å². The zero-order valence-electron chi connectivity index (χ0n) is 9.69. The summed E-state index contributed by atoms with van der Waals surface area (Å²) in [7, 11) is 0. The molecule has 1 unspecified atom stereocenters. The summed E-state index contributed by atoms with van der Waals surface area (Å²) in [6.07, 6.45) is 3.33. The number of carboxylic acid groups (broad SMARTS) is 1. The SMILES string of the molecule is O=C(O)CC1(C2COc3ccccc3C2)CC1. The van der Waals surface area contributed by atoms with Crippen molar-refractivity contribution in [1.82, 2.24) is 0 Å². The van der Waals surface area contributed by atoms with Gasteiger partial charge < -0.3 is 9.84 Å². The molecule has 0 saturated heterocycles. The van der Waals surface area contributed by atoms with E-state index in [4.69, 9.17) is 9.84 Å². The highest BCUT2D eigenvalue weighted by molar-refractivity contribution is 5.68. The summed E-state index contributed by atoms with van der Waals surface area (Å²) in [5, 5.41) is 8.97. The third-order valence-corrected chi connectivity index (χ3v) is 4.14. The fraction of sp³-hybridized carbons (Fsp3) is 0.500. The summed E-state index contributed by atoms with van der Waals surface area (Å²) >= 11 is 0. The van der Waals surface area contributed by atoms with Gasteiger partial charge in [0.15, 0.2) is 0 Å². The number of fused-ring (bicyclic) bond motifs is 1. The van der Waals surface area contributed by atoms with Gasteiger partial charge in [0.1, 0.15) is 5.75 Å². The lowest BCUT2D eigenvalue weighted by Crippen LogP contribution is -2.30. The van der Waals surface area contributed by atoms with Gasteiger partial charge in [-0.2, -0.15) is 0 Å². The highest BCUT2D eigenvalue weighted by atomic mass is 16.5. The Morgan fingerprint density at radius 1 is 1.41 bits per heavy atom. The van der Waals surface area contributed by atoms with Gasteiger partial charge in [-0.15, -0.1) is 0 Å². The van der Waals surface area contributed by atoms with Crippen molar-refractivity contribution in [3.05, 3.63) is 29.8 Å². The minimum Gasteiger partial charge on any atom is -0.493 e. The molecule has 2 aliphatic rings. The predicted molar refractivity (Wildman–Crippen MR) is 63.1 cm³/mol. The molecule has 3 heteroatoms. The van der Waals surface area contributed by atoms with Crippen LogP contribution in [0.25, 0.3) is 0 Å². The molecule has 1 N–H and O–H groups in total. The third kappa shape index (κ3) is 1.90. The number of carbonyl (C=O) groups is 1. The van der Waals surface area contributed by atoms with Crippen molar-refractivity contribution in [2.45, 2.75) is 25.7 Å². The molecule has 1 heterocycles. The summed E-state index contributed by atoms with van der Waals surface area (Å²) in [6, 6.07) is 8.06. The summed E-state index contributed by atoms with van der Waals surface area (Å²) < 4.78 is 5.75. The molecule has 3 nitrogen and oxygen atoms in total. The number of para-hydroxylation sites is 1. The number of carboxylic acids is 1. The zero-order valence-corrected chi connectivity index (χ0v) is 9.69. The second-order valence-corrected chi connectivity index (χ2v) is 5.25. The van der Waals surface area contributed by atoms with Gasteiger partial charge in [0.05, 0.1) is 13.0 Å². The fourth-order valence-corrected chi connectivity index (χ4v) is 2.91. The van der Waals surface area contributed by atoms with E-state index in [0.29, 0.717) is 18.9 Å². The van der Waals surface area contributed by atoms with Crippen LogP contribution in [0.15, 0.2) is 24.3 Å². The predicted octanol–water partition coefficient (Wildman–Crippen LogP) is 2.49. The number of rotatable bonds is 3. The Labute approximate surface area is 100 Å². The minimum atomic E-state index is -0.679. The Morgan fingerprint density at radius 3 is 2.88 bits per heavy atom. The maximum absolute atomic E-state index is 10.9. The topological polar surface area (TPSA) is 46.5 Å². The van der Waals surface area contributed by atoms with E-state index in [1.54, 1.807) is 0 Å². The van der Waals surface area contributed by atoms with Crippen molar-refractivity contribution < 1.29 is 14.6 Å². The fourth-order valence-electron chi connectivity index (χ4n) is 2.91. The molecule has 17 heavy (non-hydrogen) atoms. The second-order valence-electron chi connectivity index (χ2n) is 5.25. The molecular formula is C14H16O3. The van der Waals surface area contributed by atoms with Gasteiger partial charge in [-0.1, -0.05) is 18.2 Å². The highest BCUT2D eigenvalue weighted by Gasteiger charge is 2.51. The van der Waals surface area contributed by atoms with Crippen LogP contribution in [0.4, 0.5) is 0 Å². The second kappa shape index (κ2) is 3.76. The maximum Gasteiger partial charge on any atom is 0.303 e. The quantitative estimate of drug-likeness (QED) is 0.871. The van der Waals surface area contributed by atoms with Gasteiger partial charge in [0.25, 0.3) is 0 Å². The first-order valence-electron chi connectivity index (χ1n) is 6.12. The number of ether oxygens (including phenoxy) is 1. The van der Waals surface area contributed by atoms with Crippen molar-refractivity contribution in [1.29, 1.82) is 0 Å². The van der Waals surface area contributed by atoms with E-state index in [1.165, 1.54) is 5.56 Å². The van der Waals surface area contributed by atoms with Crippen molar-refractivity contribution in [2.24, 2.45) is 11.3 Å². The van der Waals surface area contributed by atoms with Crippen LogP contribution in [0, 0.1) is 11.3 Å². The summed E-state index contributed by atoms with van der Waals surface area (Å²) in [5.74, 6) is 0.657. The smallest absolute Gasteiger partial charge is 0.303 e. The maximum atomic E-state index is 10.9. The van der Waals surface area contributed by atoms with E-state index in [0.717, 1.165) is 25.0 Å². The highest BCUT2D eigenvalue weighted by Crippen LogP contribution is 2.57. The Morgan fingerprint density at radius 2 is 2.18 bits per heavy atom. The average molecular weight is 232 g/mol. The molecule has 0 aromatic heterocycles. The molecule has 3 rings (SSSR count). The van der Waals surface area contributed by atoms with E-state index in [9.17, 15) is 4.79 Å². The Balaban J connectivity index is 1.78. The molecule has 1 aliphatic heterocycles. The van der Waals surface area contributed by atoms with Gasteiger partial charge in [0.2, 0.25) is 0 Å². The Bertz CT molecular complexity index is 449. The van der Waals surface area contributed by atoms with Gasteiger partial charge in [0, 0.05) is 5.92 Å². The van der Waals surface area contributed by atoms with Crippen LogP contribution in [-0.2, 0) is 11.2 Å².